The highest BCUT2D eigenvalue weighted by atomic mass is 32.2. The molecule has 0 aromatic heterocycles. The summed E-state index contributed by atoms with van der Waals surface area (Å²) in [6.07, 6.45) is 8.40. The van der Waals surface area contributed by atoms with E-state index < -0.39 is 22.8 Å². The quantitative estimate of drug-likeness (QED) is 0.192. The van der Waals surface area contributed by atoms with Gasteiger partial charge in [0.15, 0.2) is 0 Å². The summed E-state index contributed by atoms with van der Waals surface area (Å²) in [4.78, 5) is 14.4. The van der Waals surface area contributed by atoms with Crippen LogP contribution in [0.2, 0.25) is 0 Å². The van der Waals surface area contributed by atoms with Gasteiger partial charge in [0.25, 0.3) is 0 Å². The van der Waals surface area contributed by atoms with E-state index in [4.69, 9.17) is 9.84 Å². The van der Waals surface area contributed by atoms with E-state index in [2.05, 4.69) is 30.9 Å². The summed E-state index contributed by atoms with van der Waals surface area (Å²) in [5.74, 6) is -2.84. The summed E-state index contributed by atoms with van der Waals surface area (Å²) in [7, 11) is 0.403. The zero-order valence-corrected chi connectivity index (χ0v) is 23.0. The fourth-order valence-electron chi connectivity index (χ4n) is 4.55. The number of nitrogens with zero attached hydrogens (tertiary/aromatic N) is 2. The second-order valence-electron chi connectivity index (χ2n) is 8.96. The van der Waals surface area contributed by atoms with Gasteiger partial charge in [-0.3, -0.25) is 0 Å². The van der Waals surface area contributed by atoms with Crippen LogP contribution in [-0.2, 0) is 15.8 Å². The number of carbonyl (C=O) groups is 1. The molecule has 2 aromatic rings. The van der Waals surface area contributed by atoms with Crippen LogP contribution in [0.5, 0.6) is 5.75 Å². The molecule has 1 unspecified atom stereocenters. The van der Waals surface area contributed by atoms with Gasteiger partial charge in [-0.1, -0.05) is 57.7 Å². The molecule has 9 heteroatoms. The lowest BCUT2D eigenvalue weighted by atomic mass is 9.86. The van der Waals surface area contributed by atoms with E-state index in [0.717, 1.165) is 49.9 Å². The van der Waals surface area contributed by atoms with Gasteiger partial charge in [-0.15, -0.1) is 11.8 Å². The van der Waals surface area contributed by atoms with Gasteiger partial charge >= 0.3 is 5.97 Å². The molecule has 0 radical (unpaired) electrons. The fourth-order valence-corrected chi connectivity index (χ4v) is 6.53. The van der Waals surface area contributed by atoms with E-state index in [1.165, 1.54) is 11.8 Å². The fraction of sp³-hybridized carbons (Fsp3) is 0.444. The minimum Gasteiger partial charge on any atom is -0.476 e. The Kier molecular flexibility index (Phi) is 9.99. The van der Waals surface area contributed by atoms with E-state index in [1.54, 1.807) is 6.07 Å². The van der Waals surface area contributed by atoms with Gasteiger partial charge in [0.1, 0.15) is 23.0 Å². The molecule has 1 heterocycles. The SMILES string of the molecule is CCCCC1(CCCC)CN(c2ccccc2)c2cc(SC)c(O/C=C(\F)C(=O)O)cc2S(=O)N1C. The van der Waals surface area contributed by atoms with Gasteiger partial charge < -0.3 is 14.7 Å². The summed E-state index contributed by atoms with van der Waals surface area (Å²) in [5, 5.41) is 8.86. The van der Waals surface area contributed by atoms with Gasteiger partial charge in [-0.25, -0.2) is 13.3 Å². The number of rotatable bonds is 11. The monoisotopic (exact) mass is 534 g/mol. The van der Waals surface area contributed by atoms with Crippen LogP contribution in [0.25, 0.3) is 0 Å². The Labute approximate surface area is 220 Å². The topological polar surface area (TPSA) is 70.1 Å². The molecule has 1 aliphatic heterocycles. The largest absolute Gasteiger partial charge is 0.476 e. The third kappa shape index (κ3) is 6.12. The Morgan fingerprint density at radius 2 is 1.83 bits per heavy atom. The highest BCUT2D eigenvalue weighted by molar-refractivity contribution is 7.98. The normalized spacial score (nSPS) is 18.0. The molecule has 1 aliphatic rings. The number of hydrogen-bond donors (Lipinski definition) is 1. The van der Waals surface area contributed by atoms with Crippen molar-refractivity contribution in [3.05, 3.63) is 54.6 Å². The van der Waals surface area contributed by atoms with Crippen LogP contribution in [0.15, 0.2) is 64.3 Å². The van der Waals surface area contributed by atoms with Crippen LogP contribution < -0.4 is 9.64 Å². The molecule has 1 atom stereocenters. The Bertz CT molecular complexity index is 1100. The average molecular weight is 535 g/mol. The number of aliphatic carboxylic acids is 1. The number of ether oxygens (including phenoxy) is 1. The molecule has 0 fully saturated rings. The molecule has 0 amide bonds. The van der Waals surface area contributed by atoms with Crippen molar-refractivity contribution >= 4 is 40.1 Å². The Morgan fingerprint density at radius 3 is 2.39 bits per heavy atom. The van der Waals surface area contributed by atoms with Crippen molar-refractivity contribution in [2.75, 3.05) is 24.7 Å². The molecule has 0 bridgehead atoms. The Hall–Kier alpha value is -2.36. The molecule has 6 nitrogen and oxygen atoms in total. The summed E-state index contributed by atoms with van der Waals surface area (Å²) >= 11 is 1.40. The molecule has 0 saturated heterocycles. The van der Waals surface area contributed by atoms with Crippen LogP contribution >= 0.6 is 11.8 Å². The molecule has 2 aromatic carbocycles. The maximum Gasteiger partial charge on any atom is 0.368 e. The number of carboxylic acids is 1. The first-order valence-corrected chi connectivity index (χ1v) is 14.6. The van der Waals surface area contributed by atoms with Crippen molar-refractivity contribution in [1.29, 1.82) is 0 Å². The predicted molar refractivity (Wildman–Crippen MR) is 145 cm³/mol. The summed E-state index contributed by atoms with van der Waals surface area (Å²) < 4.78 is 35.2. The highest BCUT2D eigenvalue weighted by Crippen LogP contribution is 2.45. The van der Waals surface area contributed by atoms with Crippen LogP contribution in [0, 0.1) is 0 Å². The van der Waals surface area contributed by atoms with E-state index in [0.29, 0.717) is 22.6 Å². The third-order valence-electron chi connectivity index (χ3n) is 6.65. The van der Waals surface area contributed by atoms with Gasteiger partial charge in [0.2, 0.25) is 5.83 Å². The molecule has 3 rings (SSSR count). The van der Waals surface area contributed by atoms with Crippen molar-refractivity contribution in [3.8, 4) is 5.75 Å². The maximum atomic E-state index is 14.1. The minimum atomic E-state index is -1.70. The minimum absolute atomic E-state index is 0.266. The smallest absolute Gasteiger partial charge is 0.368 e. The van der Waals surface area contributed by atoms with E-state index in [9.17, 15) is 13.4 Å². The number of benzene rings is 2. The number of unbranched alkanes of at least 4 members (excludes halogenated alkanes) is 2. The van der Waals surface area contributed by atoms with E-state index >= 15 is 0 Å². The van der Waals surface area contributed by atoms with Gasteiger partial charge in [0.05, 0.1) is 21.0 Å². The molecule has 0 aliphatic carbocycles. The Morgan fingerprint density at radius 1 is 1.19 bits per heavy atom. The van der Waals surface area contributed by atoms with Crippen molar-refractivity contribution in [1.82, 2.24) is 4.31 Å². The number of anilines is 2. The molecular formula is C27H35FN2O4S2. The van der Waals surface area contributed by atoms with Crippen molar-refractivity contribution < 1.29 is 23.2 Å². The molecule has 1 N–H and O–H groups in total. The van der Waals surface area contributed by atoms with Gasteiger partial charge in [-0.2, -0.15) is 4.39 Å². The summed E-state index contributed by atoms with van der Waals surface area (Å²) in [6, 6.07) is 13.6. The first-order chi connectivity index (χ1) is 17.3. The van der Waals surface area contributed by atoms with Gasteiger partial charge in [-0.05, 0) is 37.3 Å². The third-order valence-corrected chi connectivity index (χ3v) is 8.99. The lowest BCUT2D eigenvalue weighted by Crippen LogP contribution is -2.52. The standard InChI is InChI=1S/C27H35FN2O4S2/c1-5-7-14-27(15-8-6-2)19-30(20-12-10-9-11-13-20)22-16-24(35-4)23(34-18-21(28)26(31)32)17-25(22)36(33)29(27)3/h9-13,16-18H,5-8,14-15,19H2,1-4H3,(H,31,32)/b21-18-. The lowest BCUT2D eigenvalue weighted by molar-refractivity contribution is -0.134. The Balaban J connectivity index is 2.22. The molecular weight excluding hydrogens is 499 g/mol. The van der Waals surface area contributed by atoms with Crippen molar-refractivity contribution in [2.45, 2.75) is 67.7 Å². The predicted octanol–water partition coefficient (Wildman–Crippen LogP) is 6.91. The van der Waals surface area contributed by atoms with Crippen LogP contribution in [0.4, 0.5) is 15.8 Å². The van der Waals surface area contributed by atoms with Crippen LogP contribution in [0.3, 0.4) is 0 Å². The number of para-hydroxylation sites is 1. The first-order valence-electron chi connectivity index (χ1n) is 12.2. The molecule has 36 heavy (non-hydrogen) atoms. The van der Waals surface area contributed by atoms with E-state index in [1.807, 2.05) is 41.9 Å². The molecule has 0 spiro atoms. The average Bonchev–Trinajstić information content (AvgIpc) is 2.98. The molecule has 0 saturated carbocycles. The number of carboxylic acid groups (broad SMARTS) is 1. The zero-order valence-electron chi connectivity index (χ0n) is 21.3. The maximum absolute atomic E-state index is 14.1. The molecule has 196 valence electrons. The lowest BCUT2D eigenvalue weighted by Gasteiger charge is -2.42. The number of thioether (sulfide) groups is 1. The number of halogens is 1. The van der Waals surface area contributed by atoms with Crippen LogP contribution in [-0.4, -0.2) is 45.0 Å². The highest BCUT2D eigenvalue weighted by Gasteiger charge is 2.43. The van der Waals surface area contributed by atoms with E-state index in [-0.39, 0.29) is 11.3 Å². The number of hydrogen-bond acceptors (Lipinski definition) is 5. The number of likely N-dealkylation sites (N-methyl/N-ethyl adjacent to an activating group) is 1. The van der Waals surface area contributed by atoms with Gasteiger partial charge in [0, 0.05) is 25.3 Å². The van der Waals surface area contributed by atoms with Crippen molar-refractivity contribution in [2.24, 2.45) is 0 Å². The second-order valence-corrected chi connectivity index (χ2v) is 11.3. The summed E-state index contributed by atoms with van der Waals surface area (Å²) in [6.45, 7) is 5.01. The second kappa shape index (κ2) is 12.7. The number of fused-ring (bicyclic) bond motifs is 1. The summed E-state index contributed by atoms with van der Waals surface area (Å²) in [5.41, 5.74) is 1.49. The van der Waals surface area contributed by atoms with Crippen LogP contribution in [0.1, 0.15) is 52.4 Å². The van der Waals surface area contributed by atoms with Crippen molar-refractivity contribution in [3.63, 3.8) is 0 Å². The first kappa shape index (κ1) is 28.2. The zero-order chi connectivity index (χ0) is 26.3.